The van der Waals surface area contributed by atoms with Gasteiger partial charge < -0.3 is 10.4 Å². The lowest BCUT2D eigenvalue weighted by Crippen LogP contribution is -2.03. The van der Waals surface area contributed by atoms with E-state index in [1.165, 1.54) is 5.56 Å². The van der Waals surface area contributed by atoms with Crippen molar-refractivity contribution in [3.05, 3.63) is 28.2 Å². The second kappa shape index (κ2) is 7.33. The van der Waals surface area contributed by atoms with Crippen molar-refractivity contribution in [2.75, 3.05) is 11.9 Å². The van der Waals surface area contributed by atoms with Crippen molar-refractivity contribution >= 4 is 27.6 Å². The van der Waals surface area contributed by atoms with Gasteiger partial charge in [-0.05, 0) is 37.5 Å². The maximum atomic E-state index is 10.3. The van der Waals surface area contributed by atoms with Gasteiger partial charge in [0.15, 0.2) is 0 Å². The summed E-state index contributed by atoms with van der Waals surface area (Å²) in [5.41, 5.74) is 2.34. The molecule has 1 rings (SSSR count). The number of nitrogens with one attached hydrogen (secondary N) is 1. The summed E-state index contributed by atoms with van der Waals surface area (Å²) in [5.74, 6) is -0.708. The molecule has 2 N–H and O–H groups in total. The summed E-state index contributed by atoms with van der Waals surface area (Å²) in [4.78, 5) is 10.3. The Kier molecular flexibility index (Phi) is 6.05. The summed E-state index contributed by atoms with van der Waals surface area (Å²) in [6.07, 6.45) is 2.98. The number of hydrogen-bond donors (Lipinski definition) is 2. The fourth-order valence-electron chi connectivity index (χ4n) is 1.60. The van der Waals surface area contributed by atoms with Gasteiger partial charge in [0, 0.05) is 23.1 Å². The number of rotatable bonds is 7. The van der Waals surface area contributed by atoms with Crippen LogP contribution >= 0.6 is 15.9 Å². The quantitative estimate of drug-likeness (QED) is 0.753. The molecule has 1 aromatic rings. The number of hydrogen-bond acceptors (Lipinski definition) is 2. The molecule has 0 atom stereocenters. The zero-order chi connectivity index (χ0) is 12.7. The van der Waals surface area contributed by atoms with Crippen LogP contribution in [-0.4, -0.2) is 17.6 Å². The molecule has 0 spiro atoms. The van der Waals surface area contributed by atoms with E-state index in [0.717, 1.165) is 36.0 Å². The van der Waals surface area contributed by atoms with Crippen molar-refractivity contribution in [3.63, 3.8) is 0 Å². The average molecular weight is 300 g/mol. The van der Waals surface area contributed by atoms with Gasteiger partial charge in [0.2, 0.25) is 0 Å². The van der Waals surface area contributed by atoms with E-state index in [9.17, 15) is 4.79 Å². The molecule has 17 heavy (non-hydrogen) atoms. The number of carbonyl (C=O) groups is 1. The highest BCUT2D eigenvalue weighted by Gasteiger charge is 2.00. The second-order valence-electron chi connectivity index (χ2n) is 4.04. The first-order chi connectivity index (χ1) is 8.11. The van der Waals surface area contributed by atoms with Crippen LogP contribution in [0.2, 0.25) is 0 Å². The summed E-state index contributed by atoms with van der Waals surface area (Å²) < 4.78 is 1.10. The first kappa shape index (κ1) is 14.0. The molecule has 0 unspecified atom stereocenters. The molecular weight excluding hydrogens is 282 g/mol. The predicted molar refractivity (Wildman–Crippen MR) is 73.5 cm³/mol. The molecule has 0 radical (unpaired) electrons. The molecule has 0 aliphatic rings. The van der Waals surface area contributed by atoms with Crippen LogP contribution in [0.3, 0.4) is 0 Å². The molecule has 0 aliphatic heterocycles. The summed E-state index contributed by atoms with van der Waals surface area (Å²) in [5, 5.41) is 11.9. The highest BCUT2D eigenvalue weighted by molar-refractivity contribution is 9.10. The van der Waals surface area contributed by atoms with Crippen LogP contribution in [0, 0.1) is 6.92 Å². The molecule has 0 heterocycles. The molecule has 1 aromatic carbocycles. The Labute approximate surface area is 110 Å². The molecule has 0 aromatic heterocycles. The standard InChI is InChI=1S/C13H18BrNO2/c1-10-11(14)6-5-7-12(10)15-9-4-2-3-8-13(16)17/h5-7,15H,2-4,8-9H2,1H3,(H,16,17). The molecule has 0 saturated carbocycles. The lowest BCUT2D eigenvalue weighted by Gasteiger charge is -2.10. The minimum Gasteiger partial charge on any atom is -0.481 e. The Morgan fingerprint density at radius 2 is 2.12 bits per heavy atom. The van der Waals surface area contributed by atoms with Crippen LogP contribution in [0.1, 0.15) is 31.2 Å². The van der Waals surface area contributed by atoms with E-state index in [1.807, 2.05) is 12.1 Å². The van der Waals surface area contributed by atoms with E-state index < -0.39 is 5.97 Å². The fraction of sp³-hybridized carbons (Fsp3) is 0.462. The Morgan fingerprint density at radius 1 is 1.35 bits per heavy atom. The summed E-state index contributed by atoms with van der Waals surface area (Å²) in [6, 6.07) is 6.08. The maximum absolute atomic E-state index is 10.3. The fourth-order valence-corrected chi connectivity index (χ4v) is 1.97. The van der Waals surface area contributed by atoms with Gasteiger partial charge >= 0.3 is 5.97 Å². The minimum atomic E-state index is -0.708. The SMILES string of the molecule is Cc1c(Br)cccc1NCCCCCC(=O)O. The molecule has 3 nitrogen and oxygen atoms in total. The lowest BCUT2D eigenvalue weighted by molar-refractivity contribution is -0.137. The van der Waals surface area contributed by atoms with Crippen LogP contribution in [0.5, 0.6) is 0 Å². The van der Waals surface area contributed by atoms with E-state index in [-0.39, 0.29) is 6.42 Å². The topological polar surface area (TPSA) is 49.3 Å². The third kappa shape index (κ3) is 5.22. The summed E-state index contributed by atoms with van der Waals surface area (Å²) in [7, 11) is 0. The van der Waals surface area contributed by atoms with Crippen LogP contribution < -0.4 is 5.32 Å². The normalized spacial score (nSPS) is 10.2. The van der Waals surface area contributed by atoms with Crippen molar-refractivity contribution in [1.29, 1.82) is 0 Å². The smallest absolute Gasteiger partial charge is 0.303 e. The van der Waals surface area contributed by atoms with Crippen molar-refractivity contribution in [3.8, 4) is 0 Å². The number of carboxylic acid groups (broad SMARTS) is 1. The third-order valence-corrected chi connectivity index (χ3v) is 3.51. The monoisotopic (exact) mass is 299 g/mol. The molecular formula is C13H18BrNO2. The highest BCUT2D eigenvalue weighted by atomic mass is 79.9. The van der Waals surface area contributed by atoms with Gasteiger partial charge in [0.25, 0.3) is 0 Å². The third-order valence-electron chi connectivity index (χ3n) is 2.65. The number of aliphatic carboxylic acids is 1. The Morgan fingerprint density at radius 3 is 2.82 bits per heavy atom. The summed E-state index contributed by atoms with van der Waals surface area (Å²) in [6.45, 7) is 2.95. The number of unbranched alkanes of at least 4 members (excludes halogenated alkanes) is 2. The van der Waals surface area contributed by atoms with E-state index in [2.05, 4.69) is 34.2 Å². The molecule has 94 valence electrons. The first-order valence-corrected chi connectivity index (χ1v) is 6.61. The maximum Gasteiger partial charge on any atom is 0.303 e. The van der Waals surface area contributed by atoms with Crippen molar-refractivity contribution in [2.24, 2.45) is 0 Å². The number of carboxylic acids is 1. The van der Waals surface area contributed by atoms with Crippen molar-refractivity contribution < 1.29 is 9.90 Å². The number of anilines is 1. The van der Waals surface area contributed by atoms with Crippen molar-refractivity contribution in [2.45, 2.75) is 32.6 Å². The second-order valence-corrected chi connectivity index (χ2v) is 4.90. The largest absolute Gasteiger partial charge is 0.481 e. The molecule has 0 fully saturated rings. The number of halogens is 1. The molecule has 0 amide bonds. The Hall–Kier alpha value is -1.03. The van der Waals surface area contributed by atoms with Gasteiger partial charge in [0.1, 0.15) is 0 Å². The van der Waals surface area contributed by atoms with E-state index in [1.54, 1.807) is 0 Å². The van der Waals surface area contributed by atoms with Gasteiger partial charge in [-0.25, -0.2) is 0 Å². The van der Waals surface area contributed by atoms with Crippen LogP contribution in [-0.2, 0) is 4.79 Å². The molecule has 0 bridgehead atoms. The van der Waals surface area contributed by atoms with E-state index >= 15 is 0 Å². The highest BCUT2D eigenvalue weighted by Crippen LogP contribution is 2.23. The predicted octanol–water partition coefficient (Wildman–Crippen LogP) is 3.81. The molecule has 0 saturated heterocycles. The molecule has 0 aliphatic carbocycles. The van der Waals surface area contributed by atoms with Crippen LogP contribution in [0.25, 0.3) is 0 Å². The number of benzene rings is 1. The average Bonchev–Trinajstić information content (AvgIpc) is 2.28. The van der Waals surface area contributed by atoms with Crippen LogP contribution in [0.4, 0.5) is 5.69 Å². The van der Waals surface area contributed by atoms with Gasteiger partial charge in [-0.15, -0.1) is 0 Å². The van der Waals surface area contributed by atoms with Gasteiger partial charge in [0.05, 0.1) is 0 Å². The lowest BCUT2D eigenvalue weighted by atomic mass is 10.1. The van der Waals surface area contributed by atoms with Gasteiger partial charge in [-0.3, -0.25) is 4.79 Å². The van der Waals surface area contributed by atoms with E-state index in [0.29, 0.717) is 0 Å². The van der Waals surface area contributed by atoms with Gasteiger partial charge in [-0.2, -0.15) is 0 Å². The summed E-state index contributed by atoms with van der Waals surface area (Å²) >= 11 is 3.49. The Bertz CT molecular complexity index is 380. The zero-order valence-corrected chi connectivity index (χ0v) is 11.6. The van der Waals surface area contributed by atoms with Crippen molar-refractivity contribution in [1.82, 2.24) is 0 Å². The minimum absolute atomic E-state index is 0.274. The first-order valence-electron chi connectivity index (χ1n) is 5.82. The van der Waals surface area contributed by atoms with Gasteiger partial charge in [-0.1, -0.05) is 28.4 Å². The Balaban J connectivity index is 2.22. The van der Waals surface area contributed by atoms with Crippen LogP contribution in [0.15, 0.2) is 22.7 Å². The van der Waals surface area contributed by atoms with E-state index in [4.69, 9.17) is 5.11 Å². The molecule has 4 heteroatoms. The zero-order valence-electron chi connectivity index (χ0n) is 10.0.